The molecule has 1 aliphatic rings. The Morgan fingerprint density at radius 1 is 1.50 bits per heavy atom. The van der Waals surface area contributed by atoms with Gasteiger partial charge in [0.05, 0.1) is 0 Å². The average Bonchev–Trinajstić information content (AvgIpc) is 2.56. The molecule has 4 nitrogen and oxygen atoms in total. The van der Waals surface area contributed by atoms with Crippen LogP contribution < -0.4 is 0 Å². The number of carboxylic acid groups (broad SMARTS) is 1. The fraction of sp³-hybridized carbons (Fsp3) is 0.467. The van der Waals surface area contributed by atoms with Gasteiger partial charge in [-0.3, -0.25) is 4.79 Å². The molecule has 0 aliphatic carbocycles. The van der Waals surface area contributed by atoms with E-state index in [1.54, 1.807) is 19.1 Å². The molecule has 110 valence electrons. The lowest BCUT2D eigenvalue weighted by atomic mass is 9.96. The van der Waals surface area contributed by atoms with Crippen molar-refractivity contribution >= 4 is 24.4 Å². The number of carboxylic acids is 1. The average molecular weight is 296 g/mol. The minimum Gasteiger partial charge on any atom is -0.479 e. The highest BCUT2D eigenvalue weighted by Crippen LogP contribution is 2.34. The fourth-order valence-corrected chi connectivity index (χ4v) is 2.09. The van der Waals surface area contributed by atoms with Gasteiger partial charge in [0.25, 0.3) is 0 Å². The van der Waals surface area contributed by atoms with E-state index in [1.165, 1.54) is 0 Å². The van der Waals surface area contributed by atoms with Gasteiger partial charge in [0.2, 0.25) is 5.78 Å². The molecule has 0 bridgehead atoms. The lowest BCUT2D eigenvalue weighted by Gasteiger charge is -2.19. The van der Waals surface area contributed by atoms with Crippen molar-refractivity contribution in [3.05, 3.63) is 35.6 Å². The van der Waals surface area contributed by atoms with Crippen LogP contribution in [-0.4, -0.2) is 27.7 Å². The second-order valence-electron chi connectivity index (χ2n) is 4.89. The van der Waals surface area contributed by atoms with E-state index in [1.807, 2.05) is 26.0 Å². The van der Waals surface area contributed by atoms with Gasteiger partial charge in [-0.15, -0.1) is 0 Å². The maximum atomic E-state index is 12.3. The predicted octanol–water partition coefficient (Wildman–Crippen LogP) is 2.91. The van der Waals surface area contributed by atoms with Gasteiger partial charge in [-0.2, -0.15) is 12.6 Å². The normalized spacial score (nSPS) is 24.7. The number of allylic oxidation sites excluding steroid dienone is 4. The number of ketones is 1. The minimum atomic E-state index is -1.25. The van der Waals surface area contributed by atoms with Gasteiger partial charge in [-0.05, 0) is 19.4 Å². The Morgan fingerprint density at radius 2 is 2.15 bits per heavy atom. The second-order valence-corrected chi connectivity index (χ2v) is 5.77. The monoisotopic (exact) mass is 296 g/mol. The van der Waals surface area contributed by atoms with Crippen LogP contribution in [0, 0.1) is 0 Å². The van der Waals surface area contributed by atoms with Crippen molar-refractivity contribution in [2.24, 2.45) is 0 Å². The molecule has 0 radical (unpaired) electrons. The van der Waals surface area contributed by atoms with Crippen molar-refractivity contribution in [2.75, 3.05) is 0 Å². The van der Waals surface area contributed by atoms with Crippen LogP contribution in [0.5, 0.6) is 0 Å². The summed E-state index contributed by atoms with van der Waals surface area (Å²) in [5.41, 5.74) is -1.51. The van der Waals surface area contributed by atoms with Crippen LogP contribution in [-0.2, 0) is 14.3 Å². The Labute approximate surface area is 124 Å². The minimum absolute atomic E-state index is 0.0848. The van der Waals surface area contributed by atoms with Crippen LogP contribution in [0.25, 0.3) is 0 Å². The first-order valence-electron chi connectivity index (χ1n) is 6.54. The Morgan fingerprint density at radius 3 is 2.65 bits per heavy atom. The SMILES string of the molecule is CC/C=C/C=C/C1(C)OC(CC(C)S)=C(C(=O)O)C1=O. The molecule has 1 aliphatic heterocycles. The number of carbonyl (C=O) groups is 2. The van der Waals surface area contributed by atoms with Crippen molar-refractivity contribution < 1.29 is 19.4 Å². The summed E-state index contributed by atoms with van der Waals surface area (Å²) in [6.07, 6.45) is 8.22. The van der Waals surface area contributed by atoms with Crippen LogP contribution in [0.3, 0.4) is 0 Å². The number of ether oxygens (including phenoxy) is 1. The van der Waals surface area contributed by atoms with Gasteiger partial charge in [-0.1, -0.05) is 32.1 Å². The Hall–Kier alpha value is -1.49. The van der Waals surface area contributed by atoms with Crippen molar-refractivity contribution in [3.63, 3.8) is 0 Å². The number of carbonyl (C=O) groups excluding carboxylic acids is 1. The van der Waals surface area contributed by atoms with Gasteiger partial charge >= 0.3 is 5.97 Å². The predicted molar refractivity (Wildman–Crippen MR) is 80.8 cm³/mol. The summed E-state index contributed by atoms with van der Waals surface area (Å²) < 4.78 is 5.61. The van der Waals surface area contributed by atoms with Crippen LogP contribution in [0.15, 0.2) is 35.6 Å². The quantitative estimate of drug-likeness (QED) is 0.449. The van der Waals surface area contributed by atoms with Gasteiger partial charge < -0.3 is 9.84 Å². The summed E-state index contributed by atoms with van der Waals surface area (Å²) in [5, 5.41) is 9.10. The number of aliphatic carboxylic acids is 1. The maximum Gasteiger partial charge on any atom is 0.342 e. The van der Waals surface area contributed by atoms with Gasteiger partial charge in [0, 0.05) is 11.7 Å². The lowest BCUT2D eigenvalue weighted by Crippen LogP contribution is -2.32. The zero-order chi connectivity index (χ0) is 15.3. The lowest BCUT2D eigenvalue weighted by molar-refractivity contribution is -0.135. The van der Waals surface area contributed by atoms with Gasteiger partial charge in [-0.25, -0.2) is 4.79 Å². The molecule has 2 unspecified atom stereocenters. The summed E-state index contributed by atoms with van der Waals surface area (Å²) >= 11 is 4.22. The third-order valence-electron chi connectivity index (χ3n) is 2.88. The van der Waals surface area contributed by atoms with E-state index in [9.17, 15) is 14.7 Å². The molecule has 0 aromatic rings. The van der Waals surface area contributed by atoms with Crippen LogP contribution in [0.1, 0.15) is 33.6 Å². The standard InChI is InChI=1S/C15H20O4S/c1-4-5-6-7-8-15(3)13(16)12(14(17)18)11(19-15)9-10(2)20/h5-8,10,20H,4,9H2,1-3H3,(H,17,18)/b6-5+,8-7+. The molecule has 1 rings (SSSR count). The zero-order valence-corrected chi connectivity index (χ0v) is 12.8. The molecule has 1 N–H and O–H groups in total. The molecular formula is C15H20O4S. The van der Waals surface area contributed by atoms with Crippen LogP contribution >= 0.6 is 12.6 Å². The summed E-state index contributed by atoms with van der Waals surface area (Å²) in [5.74, 6) is -1.56. The first kappa shape index (κ1) is 16.6. The molecule has 0 saturated carbocycles. The smallest absolute Gasteiger partial charge is 0.342 e. The largest absolute Gasteiger partial charge is 0.479 e. The first-order chi connectivity index (χ1) is 9.31. The molecule has 2 atom stereocenters. The first-order valence-corrected chi connectivity index (χ1v) is 7.06. The van der Waals surface area contributed by atoms with Crippen LogP contribution in [0.4, 0.5) is 0 Å². The molecule has 1 heterocycles. The third kappa shape index (κ3) is 3.76. The Bertz CT molecular complexity index is 488. The van der Waals surface area contributed by atoms with E-state index >= 15 is 0 Å². The van der Waals surface area contributed by atoms with Crippen molar-refractivity contribution in [1.29, 1.82) is 0 Å². The van der Waals surface area contributed by atoms with E-state index in [0.717, 1.165) is 6.42 Å². The van der Waals surface area contributed by atoms with Crippen molar-refractivity contribution in [2.45, 2.75) is 44.5 Å². The molecule has 0 aromatic heterocycles. The van der Waals surface area contributed by atoms with E-state index in [-0.39, 0.29) is 16.6 Å². The van der Waals surface area contributed by atoms with E-state index in [4.69, 9.17) is 4.74 Å². The number of hydrogen-bond donors (Lipinski definition) is 2. The van der Waals surface area contributed by atoms with Crippen molar-refractivity contribution in [1.82, 2.24) is 0 Å². The molecule has 0 saturated heterocycles. The highest BCUT2D eigenvalue weighted by molar-refractivity contribution is 7.80. The second kappa shape index (κ2) is 6.79. The highest BCUT2D eigenvalue weighted by atomic mass is 32.1. The molecule has 20 heavy (non-hydrogen) atoms. The third-order valence-corrected chi connectivity index (χ3v) is 3.07. The van der Waals surface area contributed by atoms with Gasteiger partial charge in [0.1, 0.15) is 11.3 Å². The van der Waals surface area contributed by atoms with Crippen LogP contribution in [0.2, 0.25) is 0 Å². The summed E-state index contributed by atoms with van der Waals surface area (Å²) in [7, 11) is 0. The molecule has 0 spiro atoms. The number of Topliss-reactive ketones (excluding diaryl/α,β-unsaturated/α-hetero) is 1. The summed E-state index contributed by atoms with van der Waals surface area (Å²) in [4.78, 5) is 23.5. The Kier molecular flexibility index (Phi) is 5.62. The molecular weight excluding hydrogens is 276 g/mol. The number of rotatable bonds is 6. The fourth-order valence-electron chi connectivity index (χ4n) is 1.92. The maximum absolute atomic E-state index is 12.3. The molecule has 0 fully saturated rings. The zero-order valence-electron chi connectivity index (χ0n) is 11.9. The molecule has 5 heteroatoms. The molecule has 0 amide bonds. The number of hydrogen-bond acceptors (Lipinski definition) is 4. The summed E-state index contributed by atoms with van der Waals surface area (Å²) in [6.45, 7) is 5.39. The van der Waals surface area contributed by atoms with E-state index in [0.29, 0.717) is 6.42 Å². The van der Waals surface area contributed by atoms with Gasteiger partial charge in [0.15, 0.2) is 5.60 Å². The summed E-state index contributed by atoms with van der Waals surface area (Å²) in [6, 6.07) is 0. The highest BCUT2D eigenvalue weighted by Gasteiger charge is 2.46. The topological polar surface area (TPSA) is 63.6 Å². The molecule has 0 aromatic carbocycles. The van der Waals surface area contributed by atoms with E-state index in [2.05, 4.69) is 12.6 Å². The number of thiol groups is 1. The van der Waals surface area contributed by atoms with E-state index < -0.39 is 17.4 Å². The Balaban J connectivity index is 3.02. The van der Waals surface area contributed by atoms with Crippen molar-refractivity contribution in [3.8, 4) is 0 Å².